The van der Waals surface area contributed by atoms with E-state index in [0.29, 0.717) is 17.8 Å². The summed E-state index contributed by atoms with van der Waals surface area (Å²) in [5.41, 5.74) is -0.512. The lowest BCUT2D eigenvalue weighted by atomic mass is 9.53. The number of nitro groups is 1. The van der Waals surface area contributed by atoms with Crippen molar-refractivity contribution in [1.29, 1.82) is 0 Å². The molecule has 2 N–H and O–H groups in total. The fourth-order valence-corrected chi connectivity index (χ4v) is 5.66. The van der Waals surface area contributed by atoms with Crippen LogP contribution in [0.4, 0.5) is 10.5 Å². The Balaban J connectivity index is 1.27. The summed E-state index contributed by atoms with van der Waals surface area (Å²) in [6, 6.07) is 4.46. The first kappa shape index (κ1) is 19.4. The van der Waals surface area contributed by atoms with Crippen molar-refractivity contribution in [2.24, 2.45) is 17.8 Å². The Kier molecular flexibility index (Phi) is 4.97. The van der Waals surface area contributed by atoms with Crippen molar-refractivity contribution in [3.8, 4) is 0 Å². The van der Waals surface area contributed by atoms with Crippen molar-refractivity contribution in [3.63, 3.8) is 0 Å². The lowest BCUT2D eigenvalue weighted by Gasteiger charge is -2.56. The highest BCUT2D eigenvalue weighted by atomic mass is 16.6. The van der Waals surface area contributed by atoms with Gasteiger partial charge in [-0.05, 0) is 62.3 Å². The average molecular weight is 401 g/mol. The van der Waals surface area contributed by atoms with E-state index in [4.69, 9.17) is 4.74 Å². The number of rotatable bonds is 5. The summed E-state index contributed by atoms with van der Waals surface area (Å²) in [5.74, 6) is 0.366. The molecule has 0 aromatic heterocycles. The van der Waals surface area contributed by atoms with Crippen LogP contribution in [0.2, 0.25) is 0 Å². The monoisotopic (exact) mass is 401 g/mol. The van der Waals surface area contributed by atoms with Crippen LogP contribution in [0.5, 0.6) is 0 Å². The van der Waals surface area contributed by atoms with Crippen LogP contribution in [0.3, 0.4) is 0 Å². The predicted molar refractivity (Wildman–Crippen MR) is 101 cm³/mol. The zero-order valence-corrected chi connectivity index (χ0v) is 15.9. The SMILES string of the molecule is O=C(COC(=O)c1cccc([N+](=O)[O-])c1)NC(=O)NC12CC3CC(CC(C3)C1)C2. The van der Waals surface area contributed by atoms with E-state index in [0.717, 1.165) is 25.3 Å². The highest BCUT2D eigenvalue weighted by Crippen LogP contribution is 2.55. The van der Waals surface area contributed by atoms with E-state index in [1.807, 2.05) is 0 Å². The number of carbonyl (C=O) groups is 3. The third-order valence-electron chi connectivity index (χ3n) is 6.30. The van der Waals surface area contributed by atoms with Crippen molar-refractivity contribution < 1.29 is 24.0 Å². The molecule has 0 saturated heterocycles. The van der Waals surface area contributed by atoms with Crippen LogP contribution >= 0.6 is 0 Å². The number of hydrogen-bond acceptors (Lipinski definition) is 6. The van der Waals surface area contributed by atoms with Gasteiger partial charge in [0.15, 0.2) is 6.61 Å². The molecule has 1 aromatic carbocycles. The molecule has 0 spiro atoms. The number of esters is 1. The van der Waals surface area contributed by atoms with E-state index in [1.165, 1.54) is 37.5 Å². The smallest absolute Gasteiger partial charge is 0.338 e. The van der Waals surface area contributed by atoms with Gasteiger partial charge in [-0.25, -0.2) is 9.59 Å². The molecular weight excluding hydrogens is 378 g/mol. The molecule has 0 atom stereocenters. The van der Waals surface area contributed by atoms with Crippen molar-refractivity contribution >= 4 is 23.6 Å². The molecule has 4 saturated carbocycles. The zero-order chi connectivity index (χ0) is 20.6. The van der Waals surface area contributed by atoms with E-state index in [9.17, 15) is 24.5 Å². The Bertz CT molecular complexity index is 832. The number of amides is 3. The Morgan fingerprint density at radius 2 is 1.72 bits per heavy atom. The first-order valence-corrected chi connectivity index (χ1v) is 9.85. The molecular formula is C20H23N3O6. The third kappa shape index (κ3) is 4.23. The van der Waals surface area contributed by atoms with Crippen LogP contribution in [-0.2, 0) is 9.53 Å². The summed E-state index contributed by atoms with van der Waals surface area (Å²) in [6.45, 7) is -0.643. The molecule has 9 heteroatoms. The molecule has 0 aliphatic heterocycles. The van der Waals surface area contributed by atoms with Gasteiger partial charge in [-0.1, -0.05) is 6.07 Å². The van der Waals surface area contributed by atoms with Crippen LogP contribution in [0.25, 0.3) is 0 Å². The van der Waals surface area contributed by atoms with Gasteiger partial charge in [0.05, 0.1) is 10.5 Å². The maximum atomic E-state index is 12.3. The second-order valence-corrected chi connectivity index (χ2v) is 8.58. The van der Waals surface area contributed by atoms with Crippen molar-refractivity contribution in [2.45, 2.75) is 44.1 Å². The Labute approximate surface area is 167 Å². The summed E-state index contributed by atoms with van der Waals surface area (Å²) < 4.78 is 4.87. The van der Waals surface area contributed by atoms with Gasteiger partial charge < -0.3 is 10.1 Å². The number of hydrogen-bond donors (Lipinski definition) is 2. The van der Waals surface area contributed by atoms with Crippen LogP contribution in [0, 0.1) is 27.9 Å². The number of urea groups is 1. The van der Waals surface area contributed by atoms with Crippen molar-refractivity contribution in [2.75, 3.05) is 6.61 Å². The number of nitrogens with zero attached hydrogens (tertiary/aromatic N) is 1. The zero-order valence-electron chi connectivity index (χ0n) is 15.9. The summed E-state index contributed by atoms with van der Waals surface area (Å²) in [6.07, 6.45) is 6.62. The molecule has 3 amide bonds. The van der Waals surface area contributed by atoms with E-state index < -0.39 is 29.4 Å². The van der Waals surface area contributed by atoms with Crippen LogP contribution in [0.15, 0.2) is 24.3 Å². The number of imide groups is 1. The first-order valence-electron chi connectivity index (χ1n) is 9.85. The number of nitrogens with one attached hydrogen (secondary N) is 2. The van der Waals surface area contributed by atoms with Gasteiger partial charge in [0.2, 0.25) is 0 Å². The van der Waals surface area contributed by atoms with Crippen LogP contribution in [-0.4, -0.2) is 35.0 Å². The molecule has 0 unspecified atom stereocenters. The first-order chi connectivity index (χ1) is 13.8. The number of ether oxygens (including phenoxy) is 1. The standard InChI is InChI=1S/C20H23N3O6/c24-17(11-29-18(25)15-2-1-3-16(7-15)23(27)28)21-19(26)22-20-8-12-4-13(9-20)6-14(5-12)10-20/h1-3,7,12-14H,4-6,8-11H2,(H2,21,22,24,26). The van der Waals surface area contributed by atoms with Gasteiger partial charge in [0.25, 0.3) is 11.6 Å². The molecule has 1 aromatic rings. The minimum Gasteiger partial charge on any atom is -0.452 e. The summed E-state index contributed by atoms with van der Waals surface area (Å²) >= 11 is 0. The van der Waals surface area contributed by atoms with Gasteiger partial charge in [0, 0.05) is 17.7 Å². The topological polar surface area (TPSA) is 128 Å². The maximum Gasteiger partial charge on any atom is 0.338 e. The number of benzene rings is 1. The summed E-state index contributed by atoms with van der Waals surface area (Å²) in [4.78, 5) is 46.4. The molecule has 0 heterocycles. The maximum absolute atomic E-state index is 12.3. The number of non-ortho nitro benzene ring substituents is 1. The molecule has 4 fully saturated rings. The van der Waals surface area contributed by atoms with Gasteiger partial charge >= 0.3 is 12.0 Å². The Morgan fingerprint density at radius 1 is 1.10 bits per heavy atom. The van der Waals surface area contributed by atoms with E-state index in [2.05, 4.69) is 10.6 Å². The Morgan fingerprint density at radius 3 is 2.31 bits per heavy atom. The molecule has 0 radical (unpaired) electrons. The Hall–Kier alpha value is -2.97. The molecule has 9 nitrogen and oxygen atoms in total. The van der Waals surface area contributed by atoms with Gasteiger partial charge in [-0.15, -0.1) is 0 Å². The normalized spacial score (nSPS) is 29.2. The molecule has 4 aliphatic rings. The minimum absolute atomic E-state index is 0.0370. The lowest BCUT2D eigenvalue weighted by Crippen LogP contribution is -2.62. The lowest BCUT2D eigenvalue weighted by molar-refractivity contribution is -0.384. The van der Waals surface area contributed by atoms with E-state index in [-0.39, 0.29) is 16.8 Å². The fourth-order valence-electron chi connectivity index (χ4n) is 5.66. The predicted octanol–water partition coefficient (Wildman–Crippen LogP) is 2.55. The fraction of sp³-hybridized carbons (Fsp3) is 0.550. The van der Waals surface area contributed by atoms with Crippen molar-refractivity contribution in [3.05, 3.63) is 39.9 Å². The number of nitro benzene ring substituents is 1. The second-order valence-electron chi connectivity index (χ2n) is 8.58. The molecule has 4 bridgehead atoms. The highest BCUT2D eigenvalue weighted by Gasteiger charge is 2.51. The third-order valence-corrected chi connectivity index (χ3v) is 6.30. The molecule has 4 aliphatic carbocycles. The van der Waals surface area contributed by atoms with Crippen LogP contribution < -0.4 is 10.6 Å². The quantitative estimate of drug-likeness (QED) is 0.443. The largest absolute Gasteiger partial charge is 0.452 e. The summed E-state index contributed by atoms with van der Waals surface area (Å²) in [7, 11) is 0. The van der Waals surface area contributed by atoms with Gasteiger partial charge in [-0.3, -0.25) is 20.2 Å². The van der Waals surface area contributed by atoms with Gasteiger partial charge in [-0.2, -0.15) is 0 Å². The summed E-state index contributed by atoms with van der Waals surface area (Å²) in [5, 5.41) is 16.0. The highest BCUT2D eigenvalue weighted by molar-refractivity contribution is 5.97. The average Bonchev–Trinajstić information content (AvgIpc) is 2.64. The van der Waals surface area contributed by atoms with E-state index in [1.54, 1.807) is 0 Å². The van der Waals surface area contributed by atoms with Crippen molar-refractivity contribution in [1.82, 2.24) is 10.6 Å². The van der Waals surface area contributed by atoms with E-state index >= 15 is 0 Å². The number of carbonyl (C=O) groups excluding carboxylic acids is 3. The molecule has 154 valence electrons. The minimum atomic E-state index is -0.870. The van der Waals surface area contributed by atoms with Crippen LogP contribution in [0.1, 0.15) is 48.9 Å². The molecule has 5 rings (SSSR count). The molecule has 29 heavy (non-hydrogen) atoms. The van der Waals surface area contributed by atoms with Gasteiger partial charge in [0.1, 0.15) is 0 Å². The second kappa shape index (κ2) is 7.46.